The summed E-state index contributed by atoms with van der Waals surface area (Å²) in [6.07, 6.45) is 0.895. The second-order valence-corrected chi connectivity index (χ2v) is 1.94. The third-order valence-corrected chi connectivity index (χ3v) is 1.27. The molecule has 2 nitrogen and oxygen atoms in total. The van der Waals surface area contributed by atoms with Gasteiger partial charge in [0, 0.05) is 6.61 Å². The molecule has 1 fully saturated rings. The highest BCUT2D eigenvalue weighted by molar-refractivity contribution is 4.70. The van der Waals surface area contributed by atoms with E-state index in [0.717, 1.165) is 13.0 Å². The van der Waals surface area contributed by atoms with Crippen molar-refractivity contribution in [2.24, 2.45) is 0 Å². The average molecular weight is 102 g/mol. The monoisotopic (exact) mass is 102 g/mol. The zero-order chi connectivity index (χ0) is 5.28. The lowest BCUT2D eigenvalue weighted by molar-refractivity contribution is -0.110. The first-order valence-corrected chi connectivity index (χ1v) is 2.60. The molecule has 0 unspecified atom stereocenters. The maximum absolute atomic E-state index is 8.75. The molecule has 1 rings (SSSR count). The summed E-state index contributed by atoms with van der Waals surface area (Å²) in [6, 6.07) is 0. The van der Waals surface area contributed by atoms with Gasteiger partial charge >= 0.3 is 0 Å². The topological polar surface area (TPSA) is 29.5 Å². The molecular weight excluding hydrogens is 92.1 g/mol. The number of hydrogen-bond acceptors (Lipinski definition) is 2. The van der Waals surface area contributed by atoms with Crippen molar-refractivity contribution in [2.75, 3.05) is 6.61 Å². The molecule has 0 aliphatic carbocycles. The molecule has 7 heavy (non-hydrogen) atoms. The van der Waals surface area contributed by atoms with Crippen molar-refractivity contribution < 1.29 is 9.84 Å². The lowest BCUT2D eigenvalue weighted by atomic mass is 10.1. The molecule has 1 saturated heterocycles. The van der Waals surface area contributed by atoms with E-state index in [-0.39, 0.29) is 12.2 Å². The summed E-state index contributed by atoms with van der Waals surface area (Å²) in [5.41, 5.74) is 0. The molecule has 0 amide bonds. The Kier molecular flexibility index (Phi) is 1.30. The lowest BCUT2D eigenvalue weighted by Crippen LogP contribution is -2.36. The Balaban J connectivity index is 2.14. The van der Waals surface area contributed by atoms with Crippen LogP contribution in [0.25, 0.3) is 0 Å². The normalized spacial score (nSPS) is 34.3. The highest BCUT2D eigenvalue weighted by atomic mass is 16.5. The molecule has 1 aliphatic heterocycles. The molecule has 0 radical (unpaired) electrons. The first-order chi connectivity index (χ1) is 3.30. The van der Waals surface area contributed by atoms with Crippen LogP contribution in [-0.4, -0.2) is 23.9 Å². The SMILES string of the molecule is C[C@H](O)[C@H]1CCO1. The lowest BCUT2D eigenvalue weighted by Gasteiger charge is -2.28. The van der Waals surface area contributed by atoms with Crippen molar-refractivity contribution in [2.45, 2.75) is 25.6 Å². The molecule has 0 aromatic rings. The smallest absolute Gasteiger partial charge is 0.0853 e. The van der Waals surface area contributed by atoms with Crippen molar-refractivity contribution in [1.29, 1.82) is 0 Å². The Morgan fingerprint density at radius 3 is 2.43 bits per heavy atom. The maximum Gasteiger partial charge on any atom is 0.0853 e. The van der Waals surface area contributed by atoms with Crippen molar-refractivity contribution in [3.05, 3.63) is 0 Å². The van der Waals surface area contributed by atoms with Gasteiger partial charge in [0.2, 0.25) is 0 Å². The van der Waals surface area contributed by atoms with Gasteiger partial charge in [-0.2, -0.15) is 0 Å². The predicted molar refractivity (Wildman–Crippen MR) is 26.0 cm³/mol. The van der Waals surface area contributed by atoms with Gasteiger partial charge in [-0.25, -0.2) is 0 Å². The van der Waals surface area contributed by atoms with Crippen molar-refractivity contribution in [3.63, 3.8) is 0 Å². The van der Waals surface area contributed by atoms with Gasteiger partial charge in [0.25, 0.3) is 0 Å². The molecule has 2 atom stereocenters. The zero-order valence-corrected chi connectivity index (χ0v) is 4.42. The fourth-order valence-electron chi connectivity index (χ4n) is 0.634. The predicted octanol–water partition coefficient (Wildman–Crippen LogP) is 0.156. The van der Waals surface area contributed by atoms with Crippen LogP contribution in [-0.2, 0) is 4.74 Å². The molecule has 0 aromatic carbocycles. The van der Waals surface area contributed by atoms with Crippen LogP contribution in [0.3, 0.4) is 0 Å². The second-order valence-electron chi connectivity index (χ2n) is 1.94. The third-order valence-electron chi connectivity index (χ3n) is 1.27. The largest absolute Gasteiger partial charge is 0.391 e. The summed E-state index contributed by atoms with van der Waals surface area (Å²) in [6.45, 7) is 2.58. The summed E-state index contributed by atoms with van der Waals surface area (Å²) in [5, 5.41) is 8.75. The van der Waals surface area contributed by atoms with Gasteiger partial charge in [0.15, 0.2) is 0 Å². The number of aliphatic hydroxyl groups is 1. The summed E-state index contributed by atoms with van der Waals surface area (Å²) >= 11 is 0. The number of aliphatic hydroxyl groups excluding tert-OH is 1. The van der Waals surface area contributed by atoms with Crippen LogP contribution < -0.4 is 0 Å². The Labute approximate surface area is 43.1 Å². The Bertz CT molecular complexity index is 57.1. The minimum atomic E-state index is -0.270. The molecule has 1 aliphatic rings. The van der Waals surface area contributed by atoms with Crippen LogP contribution in [0, 0.1) is 0 Å². The van der Waals surface area contributed by atoms with Gasteiger partial charge in [-0.05, 0) is 13.3 Å². The van der Waals surface area contributed by atoms with E-state index >= 15 is 0 Å². The Morgan fingerprint density at radius 1 is 1.86 bits per heavy atom. The maximum atomic E-state index is 8.75. The molecule has 42 valence electrons. The van der Waals surface area contributed by atoms with E-state index in [2.05, 4.69) is 0 Å². The highest BCUT2D eigenvalue weighted by Crippen LogP contribution is 2.13. The highest BCUT2D eigenvalue weighted by Gasteiger charge is 2.22. The van der Waals surface area contributed by atoms with Gasteiger partial charge in [0.1, 0.15) is 0 Å². The Hall–Kier alpha value is -0.0800. The fraction of sp³-hybridized carbons (Fsp3) is 1.00. The molecule has 0 bridgehead atoms. The van der Waals surface area contributed by atoms with Gasteiger partial charge in [-0.15, -0.1) is 0 Å². The molecule has 1 heterocycles. The molecular formula is C5H10O2. The second kappa shape index (κ2) is 1.80. The first-order valence-electron chi connectivity index (χ1n) is 2.60. The Morgan fingerprint density at radius 2 is 2.43 bits per heavy atom. The minimum absolute atomic E-state index is 0.139. The van der Waals surface area contributed by atoms with E-state index < -0.39 is 0 Å². The average Bonchev–Trinajstić information content (AvgIpc) is 1.23. The van der Waals surface area contributed by atoms with Gasteiger partial charge in [-0.3, -0.25) is 0 Å². The fourth-order valence-corrected chi connectivity index (χ4v) is 0.634. The van der Waals surface area contributed by atoms with Crippen molar-refractivity contribution in [3.8, 4) is 0 Å². The first kappa shape index (κ1) is 5.06. The van der Waals surface area contributed by atoms with Gasteiger partial charge in [-0.1, -0.05) is 0 Å². The van der Waals surface area contributed by atoms with E-state index in [1.165, 1.54) is 0 Å². The number of hydrogen-bond donors (Lipinski definition) is 1. The van der Waals surface area contributed by atoms with Gasteiger partial charge in [0.05, 0.1) is 12.2 Å². The van der Waals surface area contributed by atoms with E-state index in [1.807, 2.05) is 0 Å². The quantitative estimate of drug-likeness (QED) is 0.511. The molecule has 2 heteroatoms. The van der Waals surface area contributed by atoms with Gasteiger partial charge < -0.3 is 9.84 Å². The van der Waals surface area contributed by atoms with Crippen molar-refractivity contribution in [1.82, 2.24) is 0 Å². The van der Waals surface area contributed by atoms with Crippen LogP contribution in [0.5, 0.6) is 0 Å². The molecule has 0 aromatic heterocycles. The summed E-state index contributed by atoms with van der Waals surface area (Å²) in [7, 11) is 0. The van der Waals surface area contributed by atoms with Crippen LogP contribution in [0.1, 0.15) is 13.3 Å². The van der Waals surface area contributed by atoms with E-state index in [1.54, 1.807) is 6.92 Å². The zero-order valence-electron chi connectivity index (χ0n) is 4.42. The summed E-state index contributed by atoms with van der Waals surface area (Å²) in [5.74, 6) is 0. The van der Waals surface area contributed by atoms with Crippen LogP contribution >= 0.6 is 0 Å². The number of rotatable bonds is 1. The van der Waals surface area contributed by atoms with Crippen LogP contribution in [0.4, 0.5) is 0 Å². The molecule has 1 N–H and O–H groups in total. The summed E-state index contributed by atoms with van der Waals surface area (Å²) < 4.78 is 4.94. The molecule has 0 saturated carbocycles. The van der Waals surface area contributed by atoms with E-state index in [0.29, 0.717) is 0 Å². The third kappa shape index (κ3) is 0.924. The van der Waals surface area contributed by atoms with Crippen LogP contribution in [0.2, 0.25) is 0 Å². The van der Waals surface area contributed by atoms with E-state index in [9.17, 15) is 0 Å². The molecule has 0 spiro atoms. The number of ether oxygens (including phenoxy) is 1. The van der Waals surface area contributed by atoms with Crippen LogP contribution in [0.15, 0.2) is 0 Å². The van der Waals surface area contributed by atoms with Crippen molar-refractivity contribution >= 4 is 0 Å². The van der Waals surface area contributed by atoms with E-state index in [4.69, 9.17) is 9.84 Å². The summed E-state index contributed by atoms with van der Waals surface area (Å²) in [4.78, 5) is 0. The minimum Gasteiger partial charge on any atom is -0.391 e. The standard InChI is InChI=1S/C5H10O2/c1-4(6)5-2-3-7-5/h4-6H,2-3H2,1H3/t4-,5+/m0/s1.